The highest BCUT2D eigenvalue weighted by Crippen LogP contribution is 2.24. The normalized spacial score (nSPS) is 19.9. The SMILES string of the molecule is NCC1CCCN(C(=O)c2ccc(Cl)c(Cl)c2)C1. The zero-order valence-corrected chi connectivity index (χ0v) is 11.5. The lowest BCUT2D eigenvalue weighted by atomic mass is 9.97. The van der Waals surface area contributed by atoms with Gasteiger partial charge in [0.15, 0.2) is 0 Å². The average molecular weight is 287 g/mol. The van der Waals surface area contributed by atoms with Crippen LogP contribution in [0.15, 0.2) is 18.2 Å². The second kappa shape index (κ2) is 5.91. The van der Waals surface area contributed by atoms with E-state index in [0.717, 1.165) is 25.9 Å². The number of hydrogen-bond acceptors (Lipinski definition) is 2. The number of nitrogens with two attached hydrogens (primary N) is 1. The Morgan fingerprint density at radius 1 is 1.39 bits per heavy atom. The van der Waals surface area contributed by atoms with Crippen molar-refractivity contribution in [2.45, 2.75) is 12.8 Å². The Morgan fingerprint density at radius 3 is 2.83 bits per heavy atom. The zero-order chi connectivity index (χ0) is 13.1. The number of rotatable bonds is 2. The predicted octanol–water partition coefficient (Wildman–Crippen LogP) is 2.80. The molecule has 1 atom stereocenters. The van der Waals surface area contributed by atoms with E-state index >= 15 is 0 Å². The van der Waals surface area contributed by atoms with E-state index in [1.54, 1.807) is 18.2 Å². The summed E-state index contributed by atoms with van der Waals surface area (Å²) >= 11 is 11.8. The first-order chi connectivity index (χ1) is 8.61. The highest BCUT2D eigenvalue weighted by atomic mass is 35.5. The average Bonchev–Trinajstić information content (AvgIpc) is 2.41. The second-order valence-corrected chi connectivity index (χ2v) is 5.44. The molecule has 1 unspecified atom stereocenters. The van der Waals surface area contributed by atoms with E-state index < -0.39 is 0 Å². The van der Waals surface area contributed by atoms with Crippen molar-refractivity contribution in [1.29, 1.82) is 0 Å². The summed E-state index contributed by atoms with van der Waals surface area (Å²) in [5, 5.41) is 0.876. The molecule has 98 valence electrons. The largest absolute Gasteiger partial charge is 0.338 e. The topological polar surface area (TPSA) is 46.3 Å². The fourth-order valence-electron chi connectivity index (χ4n) is 2.25. The third-order valence-electron chi connectivity index (χ3n) is 3.31. The summed E-state index contributed by atoms with van der Waals surface area (Å²) in [7, 11) is 0. The van der Waals surface area contributed by atoms with Gasteiger partial charge in [0, 0.05) is 18.7 Å². The van der Waals surface area contributed by atoms with Gasteiger partial charge in [-0.15, -0.1) is 0 Å². The lowest BCUT2D eigenvalue weighted by Gasteiger charge is -2.32. The molecule has 0 aliphatic carbocycles. The van der Waals surface area contributed by atoms with Crippen molar-refractivity contribution in [2.75, 3.05) is 19.6 Å². The number of nitrogens with zero attached hydrogens (tertiary/aromatic N) is 1. The van der Waals surface area contributed by atoms with Crippen molar-refractivity contribution in [2.24, 2.45) is 11.7 Å². The molecule has 1 aliphatic heterocycles. The monoisotopic (exact) mass is 286 g/mol. The van der Waals surface area contributed by atoms with E-state index in [1.807, 2.05) is 4.90 Å². The molecule has 0 spiro atoms. The molecule has 1 aromatic rings. The highest BCUT2D eigenvalue weighted by Gasteiger charge is 2.23. The summed E-state index contributed by atoms with van der Waals surface area (Å²) < 4.78 is 0. The quantitative estimate of drug-likeness (QED) is 0.909. The van der Waals surface area contributed by atoms with Crippen LogP contribution in [0.2, 0.25) is 10.0 Å². The van der Waals surface area contributed by atoms with Crippen molar-refractivity contribution in [3.8, 4) is 0 Å². The first-order valence-corrected chi connectivity index (χ1v) is 6.82. The van der Waals surface area contributed by atoms with Crippen LogP contribution in [0.4, 0.5) is 0 Å². The molecule has 1 aliphatic rings. The third kappa shape index (κ3) is 2.97. The Bertz CT molecular complexity index is 451. The van der Waals surface area contributed by atoms with E-state index in [2.05, 4.69) is 0 Å². The van der Waals surface area contributed by atoms with Crippen LogP contribution in [-0.2, 0) is 0 Å². The minimum atomic E-state index is 0.00622. The Kier molecular flexibility index (Phi) is 4.49. The number of carbonyl (C=O) groups is 1. The van der Waals surface area contributed by atoms with E-state index in [1.165, 1.54) is 0 Å². The first kappa shape index (κ1) is 13.7. The van der Waals surface area contributed by atoms with Crippen LogP contribution in [0.1, 0.15) is 23.2 Å². The Labute approximate surface area is 117 Å². The van der Waals surface area contributed by atoms with Gasteiger partial charge >= 0.3 is 0 Å². The van der Waals surface area contributed by atoms with Crippen molar-refractivity contribution < 1.29 is 4.79 Å². The van der Waals surface area contributed by atoms with Crippen LogP contribution in [0.25, 0.3) is 0 Å². The molecule has 2 N–H and O–H groups in total. The maximum absolute atomic E-state index is 12.3. The smallest absolute Gasteiger partial charge is 0.253 e. The van der Waals surface area contributed by atoms with E-state index in [9.17, 15) is 4.79 Å². The van der Waals surface area contributed by atoms with Crippen LogP contribution < -0.4 is 5.73 Å². The third-order valence-corrected chi connectivity index (χ3v) is 4.05. The standard InChI is InChI=1S/C13H16Cl2N2O/c14-11-4-3-10(6-12(11)15)13(18)17-5-1-2-9(7-16)8-17/h3-4,6,9H,1-2,5,7-8,16H2. The van der Waals surface area contributed by atoms with E-state index in [4.69, 9.17) is 28.9 Å². The molecule has 0 saturated carbocycles. The number of hydrogen-bond donors (Lipinski definition) is 1. The summed E-state index contributed by atoms with van der Waals surface area (Å²) in [5.41, 5.74) is 6.26. The minimum Gasteiger partial charge on any atom is -0.338 e. The van der Waals surface area contributed by atoms with Crippen molar-refractivity contribution in [1.82, 2.24) is 4.90 Å². The van der Waals surface area contributed by atoms with Crippen LogP contribution in [-0.4, -0.2) is 30.4 Å². The number of carbonyl (C=O) groups excluding carboxylic acids is 1. The summed E-state index contributed by atoms with van der Waals surface area (Å²) in [6.07, 6.45) is 2.11. The number of likely N-dealkylation sites (tertiary alicyclic amines) is 1. The highest BCUT2D eigenvalue weighted by molar-refractivity contribution is 6.42. The molecule has 18 heavy (non-hydrogen) atoms. The Morgan fingerprint density at radius 2 is 2.17 bits per heavy atom. The van der Waals surface area contributed by atoms with Gasteiger partial charge in [-0.05, 0) is 43.5 Å². The Hall–Kier alpha value is -0.770. The summed E-state index contributed by atoms with van der Waals surface area (Å²) in [5.74, 6) is 0.414. The van der Waals surface area contributed by atoms with Crippen LogP contribution >= 0.6 is 23.2 Å². The molecule has 5 heteroatoms. The second-order valence-electron chi connectivity index (χ2n) is 4.62. The molecular formula is C13H16Cl2N2O. The van der Waals surface area contributed by atoms with Crippen molar-refractivity contribution in [3.63, 3.8) is 0 Å². The molecule has 1 amide bonds. The molecule has 1 fully saturated rings. The lowest BCUT2D eigenvalue weighted by Crippen LogP contribution is -2.42. The van der Waals surface area contributed by atoms with Gasteiger partial charge in [-0.2, -0.15) is 0 Å². The molecule has 2 rings (SSSR count). The van der Waals surface area contributed by atoms with Crippen molar-refractivity contribution in [3.05, 3.63) is 33.8 Å². The number of benzene rings is 1. The van der Waals surface area contributed by atoms with Gasteiger partial charge in [0.2, 0.25) is 0 Å². The molecule has 0 radical (unpaired) electrons. The van der Waals surface area contributed by atoms with Gasteiger partial charge in [-0.1, -0.05) is 23.2 Å². The molecule has 1 aromatic carbocycles. The molecule has 0 aromatic heterocycles. The van der Waals surface area contributed by atoms with Gasteiger partial charge < -0.3 is 10.6 Å². The van der Waals surface area contributed by atoms with E-state index in [-0.39, 0.29) is 5.91 Å². The lowest BCUT2D eigenvalue weighted by molar-refractivity contribution is 0.0678. The Balaban J connectivity index is 2.12. The fourth-order valence-corrected chi connectivity index (χ4v) is 2.55. The molecule has 1 saturated heterocycles. The zero-order valence-electron chi connectivity index (χ0n) is 10.0. The minimum absolute atomic E-state index is 0.00622. The van der Waals surface area contributed by atoms with Gasteiger partial charge in [-0.25, -0.2) is 0 Å². The van der Waals surface area contributed by atoms with Gasteiger partial charge in [0.1, 0.15) is 0 Å². The molecular weight excluding hydrogens is 271 g/mol. The summed E-state index contributed by atoms with van der Waals surface area (Å²) in [6, 6.07) is 4.99. The molecule has 1 heterocycles. The number of piperidine rings is 1. The summed E-state index contributed by atoms with van der Waals surface area (Å²) in [4.78, 5) is 14.2. The van der Waals surface area contributed by atoms with Crippen molar-refractivity contribution >= 4 is 29.1 Å². The first-order valence-electron chi connectivity index (χ1n) is 6.06. The van der Waals surface area contributed by atoms with Gasteiger partial charge in [-0.3, -0.25) is 4.79 Å². The maximum atomic E-state index is 12.3. The van der Waals surface area contributed by atoms with Crippen LogP contribution in [0, 0.1) is 5.92 Å². The molecule has 3 nitrogen and oxygen atoms in total. The maximum Gasteiger partial charge on any atom is 0.253 e. The number of halogens is 2. The fraction of sp³-hybridized carbons (Fsp3) is 0.462. The van der Waals surface area contributed by atoms with Crippen LogP contribution in [0.5, 0.6) is 0 Å². The van der Waals surface area contributed by atoms with Gasteiger partial charge in [0.05, 0.1) is 10.0 Å². The van der Waals surface area contributed by atoms with Gasteiger partial charge in [0.25, 0.3) is 5.91 Å². The molecule has 0 bridgehead atoms. The van der Waals surface area contributed by atoms with Crippen LogP contribution in [0.3, 0.4) is 0 Å². The predicted molar refractivity (Wildman–Crippen MR) is 74.1 cm³/mol. The number of amides is 1. The van der Waals surface area contributed by atoms with E-state index in [0.29, 0.717) is 28.1 Å². The summed E-state index contributed by atoms with van der Waals surface area (Å²) in [6.45, 7) is 2.15.